The van der Waals surface area contributed by atoms with Gasteiger partial charge >= 0.3 is 0 Å². The second-order valence-corrected chi connectivity index (χ2v) is 6.25. The van der Waals surface area contributed by atoms with Crippen LogP contribution in [0.5, 0.6) is 0 Å². The van der Waals surface area contributed by atoms with E-state index >= 15 is 0 Å². The normalized spacial score (nSPS) is 12.7. The summed E-state index contributed by atoms with van der Waals surface area (Å²) in [6.07, 6.45) is 1.74. The zero-order valence-corrected chi connectivity index (χ0v) is 14.4. The Balaban J connectivity index is 2.51. The zero-order chi connectivity index (χ0) is 14.0. The van der Waals surface area contributed by atoms with Crippen molar-refractivity contribution in [1.82, 2.24) is 5.32 Å². The number of benzene rings is 1. The first-order valence-electron chi connectivity index (χ1n) is 6.27. The van der Waals surface area contributed by atoms with Crippen LogP contribution in [0, 0.1) is 13.8 Å². The first-order valence-corrected chi connectivity index (χ1v) is 7.86. The lowest BCUT2D eigenvalue weighted by atomic mass is 9.98. The number of rotatable bonds is 4. The predicted octanol–water partition coefficient (Wildman–Crippen LogP) is 5.12. The van der Waals surface area contributed by atoms with E-state index in [4.69, 9.17) is 4.42 Å². The minimum Gasteiger partial charge on any atom is -0.469 e. The van der Waals surface area contributed by atoms with Crippen molar-refractivity contribution < 1.29 is 4.42 Å². The van der Waals surface area contributed by atoms with E-state index in [-0.39, 0.29) is 6.04 Å². The van der Waals surface area contributed by atoms with E-state index in [1.165, 1.54) is 16.7 Å². The first-order chi connectivity index (χ1) is 9.04. The fourth-order valence-corrected chi connectivity index (χ4v) is 3.22. The summed E-state index contributed by atoms with van der Waals surface area (Å²) >= 11 is 7.28. The molecule has 0 bridgehead atoms. The molecule has 0 fully saturated rings. The van der Waals surface area contributed by atoms with E-state index < -0.39 is 0 Å². The average Bonchev–Trinajstić information content (AvgIpc) is 2.77. The molecule has 2 nitrogen and oxygen atoms in total. The van der Waals surface area contributed by atoms with Gasteiger partial charge in [-0.25, -0.2) is 0 Å². The van der Waals surface area contributed by atoms with Gasteiger partial charge in [-0.2, -0.15) is 0 Å². The summed E-state index contributed by atoms with van der Waals surface area (Å²) in [4.78, 5) is 0. The maximum absolute atomic E-state index is 5.44. The lowest BCUT2D eigenvalue weighted by Gasteiger charge is -2.20. The second-order valence-electron chi connectivity index (χ2n) is 4.55. The van der Waals surface area contributed by atoms with Gasteiger partial charge in [-0.05, 0) is 49.7 Å². The summed E-state index contributed by atoms with van der Waals surface area (Å²) in [5.41, 5.74) is 3.61. The fraction of sp³-hybridized carbons (Fsp3) is 0.333. The van der Waals surface area contributed by atoms with Gasteiger partial charge in [0.2, 0.25) is 0 Å². The lowest BCUT2D eigenvalue weighted by molar-refractivity contribution is 0.519. The fourth-order valence-electron chi connectivity index (χ4n) is 2.17. The number of nitrogens with one attached hydrogen (secondary N) is 1. The van der Waals surface area contributed by atoms with Crippen LogP contribution in [-0.4, -0.2) is 6.54 Å². The molecule has 0 aliphatic carbocycles. The number of hydrogen-bond donors (Lipinski definition) is 1. The molecule has 1 heterocycles. The molecule has 1 aromatic carbocycles. The molecule has 0 aliphatic heterocycles. The SMILES string of the molecule is CCNC(c1cc(Br)c(C)cc1Br)c1ccoc1C. The van der Waals surface area contributed by atoms with E-state index in [0.717, 1.165) is 21.3 Å². The highest BCUT2D eigenvalue weighted by molar-refractivity contribution is 9.11. The van der Waals surface area contributed by atoms with Crippen LogP contribution in [0.1, 0.15) is 35.4 Å². The van der Waals surface area contributed by atoms with E-state index in [0.29, 0.717) is 0 Å². The van der Waals surface area contributed by atoms with Gasteiger partial charge in [-0.1, -0.05) is 38.8 Å². The third-order valence-electron chi connectivity index (χ3n) is 3.21. The van der Waals surface area contributed by atoms with Gasteiger partial charge in [0.05, 0.1) is 12.3 Å². The Kier molecular flexibility index (Phi) is 4.87. The summed E-state index contributed by atoms with van der Waals surface area (Å²) in [6, 6.07) is 6.47. The molecule has 0 saturated heterocycles. The summed E-state index contributed by atoms with van der Waals surface area (Å²) in [6.45, 7) is 7.09. The molecule has 1 atom stereocenters. The lowest BCUT2D eigenvalue weighted by Crippen LogP contribution is -2.22. The van der Waals surface area contributed by atoms with Gasteiger partial charge in [0, 0.05) is 14.5 Å². The summed E-state index contributed by atoms with van der Waals surface area (Å²) < 4.78 is 7.67. The molecule has 2 aromatic rings. The molecule has 1 aromatic heterocycles. The molecule has 1 N–H and O–H groups in total. The monoisotopic (exact) mass is 385 g/mol. The minimum absolute atomic E-state index is 0.134. The average molecular weight is 387 g/mol. The summed E-state index contributed by atoms with van der Waals surface area (Å²) in [5.74, 6) is 0.953. The molecule has 0 radical (unpaired) electrons. The van der Waals surface area contributed by atoms with Gasteiger partial charge in [0.1, 0.15) is 5.76 Å². The Morgan fingerprint density at radius 2 is 1.89 bits per heavy atom. The molecule has 0 saturated carbocycles. The molecule has 0 aliphatic rings. The number of aryl methyl sites for hydroxylation is 2. The van der Waals surface area contributed by atoms with Gasteiger partial charge in [-0.3, -0.25) is 0 Å². The topological polar surface area (TPSA) is 25.2 Å². The number of furan rings is 1. The molecule has 0 amide bonds. The third-order valence-corrected chi connectivity index (χ3v) is 4.75. The van der Waals surface area contributed by atoms with Gasteiger partial charge in [0.15, 0.2) is 0 Å². The summed E-state index contributed by atoms with van der Waals surface area (Å²) in [7, 11) is 0. The molecular weight excluding hydrogens is 370 g/mol. The van der Waals surface area contributed by atoms with Crippen molar-refractivity contribution in [1.29, 1.82) is 0 Å². The molecule has 102 valence electrons. The van der Waals surface area contributed by atoms with Crippen molar-refractivity contribution in [3.8, 4) is 0 Å². The molecule has 19 heavy (non-hydrogen) atoms. The summed E-state index contributed by atoms with van der Waals surface area (Å²) in [5, 5.41) is 3.52. The highest BCUT2D eigenvalue weighted by atomic mass is 79.9. The third kappa shape index (κ3) is 3.12. The molecule has 0 spiro atoms. The maximum Gasteiger partial charge on any atom is 0.105 e. The largest absolute Gasteiger partial charge is 0.469 e. The van der Waals surface area contributed by atoms with Crippen LogP contribution in [0.15, 0.2) is 37.8 Å². The molecule has 4 heteroatoms. The van der Waals surface area contributed by atoms with Crippen LogP contribution < -0.4 is 5.32 Å². The minimum atomic E-state index is 0.134. The quantitative estimate of drug-likeness (QED) is 0.788. The van der Waals surface area contributed by atoms with Crippen molar-refractivity contribution >= 4 is 31.9 Å². The van der Waals surface area contributed by atoms with E-state index in [1.54, 1.807) is 6.26 Å². The highest BCUT2D eigenvalue weighted by Gasteiger charge is 2.20. The molecule has 1 unspecified atom stereocenters. The van der Waals surface area contributed by atoms with Crippen molar-refractivity contribution in [2.24, 2.45) is 0 Å². The predicted molar refractivity (Wildman–Crippen MR) is 85.5 cm³/mol. The van der Waals surface area contributed by atoms with Gasteiger partial charge in [-0.15, -0.1) is 0 Å². The van der Waals surface area contributed by atoms with E-state index in [1.807, 2.05) is 13.0 Å². The van der Waals surface area contributed by atoms with Crippen LogP contribution in [0.25, 0.3) is 0 Å². The molecule has 2 rings (SSSR count). The Labute approximate surface area is 130 Å². The van der Waals surface area contributed by atoms with E-state index in [9.17, 15) is 0 Å². The van der Waals surface area contributed by atoms with Crippen molar-refractivity contribution in [2.75, 3.05) is 6.54 Å². The van der Waals surface area contributed by atoms with Crippen LogP contribution >= 0.6 is 31.9 Å². The van der Waals surface area contributed by atoms with Gasteiger partial charge in [0.25, 0.3) is 0 Å². The van der Waals surface area contributed by atoms with Crippen molar-refractivity contribution in [3.05, 3.63) is 55.9 Å². The Morgan fingerprint density at radius 3 is 2.47 bits per heavy atom. The van der Waals surface area contributed by atoms with Crippen molar-refractivity contribution in [2.45, 2.75) is 26.8 Å². The molecular formula is C15H17Br2NO. The Bertz CT molecular complexity index is 578. The Hall–Kier alpha value is -0.580. The van der Waals surface area contributed by atoms with Crippen LogP contribution in [0.3, 0.4) is 0 Å². The maximum atomic E-state index is 5.44. The van der Waals surface area contributed by atoms with Crippen molar-refractivity contribution in [3.63, 3.8) is 0 Å². The van der Waals surface area contributed by atoms with Gasteiger partial charge < -0.3 is 9.73 Å². The smallest absolute Gasteiger partial charge is 0.105 e. The van der Waals surface area contributed by atoms with Crippen LogP contribution in [0.2, 0.25) is 0 Å². The van der Waals surface area contributed by atoms with Crippen LogP contribution in [0.4, 0.5) is 0 Å². The van der Waals surface area contributed by atoms with E-state index in [2.05, 4.69) is 63.2 Å². The number of halogens is 2. The van der Waals surface area contributed by atoms with Crippen LogP contribution in [-0.2, 0) is 0 Å². The highest BCUT2D eigenvalue weighted by Crippen LogP contribution is 2.34. The standard InChI is InChI=1S/C15H17Br2NO/c1-4-18-15(11-5-6-19-10(11)3)12-8-13(16)9(2)7-14(12)17/h5-8,15,18H,4H2,1-3H3. The first kappa shape index (κ1) is 14.8. The number of hydrogen-bond acceptors (Lipinski definition) is 2. The Morgan fingerprint density at radius 1 is 1.16 bits per heavy atom. The zero-order valence-electron chi connectivity index (χ0n) is 11.3. The second kappa shape index (κ2) is 6.25.